The molecule has 2 N–H and O–H groups in total. The molecule has 4 heteroatoms. The zero-order chi connectivity index (χ0) is 18.1. The molecular weight excluding hydrogens is 344 g/mol. The van der Waals surface area contributed by atoms with Gasteiger partial charge in [-0.05, 0) is 30.3 Å². The molecule has 0 unspecified atom stereocenters. The minimum Gasteiger partial charge on any atom is -0.398 e. The van der Waals surface area contributed by atoms with E-state index in [9.17, 15) is 4.79 Å². The highest BCUT2D eigenvalue weighted by molar-refractivity contribution is 6.30. The van der Waals surface area contributed by atoms with Gasteiger partial charge in [-0.2, -0.15) is 0 Å². The molecule has 0 saturated carbocycles. The van der Waals surface area contributed by atoms with E-state index >= 15 is 0 Å². The van der Waals surface area contributed by atoms with Gasteiger partial charge in [0.15, 0.2) is 5.78 Å². The van der Waals surface area contributed by atoms with Gasteiger partial charge in [0.25, 0.3) is 0 Å². The lowest BCUT2D eigenvalue weighted by molar-refractivity contribution is 0.104. The number of halogens is 1. The van der Waals surface area contributed by atoms with Gasteiger partial charge in [0.2, 0.25) is 0 Å². The molecule has 1 aromatic heterocycles. The summed E-state index contributed by atoms with van der Waals surface area (Å²) in [6.45, 7) is 0. The van der Waals surface area contributed by atoms with E-state index in [0.717, 1.165) is 16.5 Å². The molecule has 0 atom stereocenters. The van der Waals surface area contributed by atoms with Gasteiger partial charge in [0.05, 0.1) is 22.5 Å². The number of pyridine rings is 1. The minimum atomic E-state index is -0.170. The maximum absolute atomic E-state index is 13.3. The van der Waals surface area contributed by atoms with E-state index in [4.69, 9.17) is 22.3 Å². The molecule has 0 radical (unpaired) electrons. The van der Waals surface area contributed by atoms with Crippen LogP contribution in [0.4, 0.5) is 5.69 Å². The second-order valence-corrected chi connectivity index (χ2v) is 6.40. The zero-order valence-corrected chi connectivity index (χ0v) is 14.6. The molecule has 0 saturated heterocycles. The summed E-state index contributed by atoms with van der Waals surface area (Å²) in [5.41, 5.74) is 10.0. The number of carbonyl (C=O) groups is 1. The highest BCUT2D eigenvalue weighted by Gasteiger charge is 2.21. The number of fused-ring (bicyclic) bond motifs is 1. The first-order chi connectivity index (χ1) is 12.6. The molecule has 26 heavy (non-hydrogen) atoms. The van der Waals surface area contributed by atoms with Gasteiger partial charge < -0.3 is 5.73 Å². The van der Waals surface area contributed by atoms with Crippen molar-refractivity contribution in [1.82, 2.24) is 4.98 Å². The molecular formula is C22H15ClN2O. The maximum atomic E-state index is 13.3. The Labute approximate surface area is 156 Å². The van der Waals surface area contributed by atoms with Crippen molar-refractivity contribution < 1.29 is 4.79 Å². The lowest BCUT2D eigenvalue weighted by Gasteiger charge is -2.14. The van der Waals surface area contributed by atoms with Crippen LogP contribution in [0, 0.1) is 0 Å². The Morgan fingerprint density at radius 3 is 2.23 bits per heavy atom. The standard InChI is InChI=1S/C22H15ClN2O/c23-16-12-10-15(11-13-16)22(26)19-20(24)17-8-4-5-9-18(17)25-21(19)14-6-2-1-3-7-14/h1-13H,(H2,24,25). The first kappa shape index (κ1) is 16.3. The van der Waals surface area contributed by atoms with Crippen molar-refractivity contribution in [2.75, 3.05) is 5.73 Å². The molecule has 0 aliphatic rings. The molecule has 0 amide bonds. The first-order valence-electron chi connectivity index (χ1n) is 8.19. The summed E-state index contributed by atoms with van der Waals surface area (Å²) in [6.07, 6.45) is 0. The Balaban J connectivity index is 2.01. The molecule has 3 nitrogen and oxygen atoms in total. The lowest BCUT2D eigenvalue weighted by atomic mass is 9.94. The van der Waals surface area contributed by atoms with Crippen molar-refractivity contribution in [3.8, 4) is 11.3 Å². The van der Waals surface area contributed by atoms with Crippen LogP contribution in [0.2, 0.25) is 5.02 Å². The molecule has 1 heterocycles. The van der Waals surface area contributed by atoms with Crippen molar-refractivity contribution in [2.45, 2.75) is 0 Å². The minimum absolute atomic E-state index is 0.170. The third-order valence-electron chi connectivity index (χ3n) is 4.31. The number of nitrogen functional groups attached to an aromatic ring is 1. The Kier molecular flexibility index (Phi) is 4.15. The average Bonchev–Trinajstić information content (AvgIpc) is 2.69. The second-order valence-electron chi connectivity index (χ2n) is 5.97. The van der Waals surface area contributed by atoms with Crippen LogP contribution >= 0.6 is 11.6 Å². The number of carbonyl (C=O) groups excluding carboxylic acids is 1. The van der Waals surface area contributed by atoms with Crippen molar-refractivity contribution in [2.24, 2.45) is 0 Å². The van der Waals surface area contributed by atoms with Crippen molar-refractivity contribution in [1.29, 1.82) is 0 Å². The summed E-state index contributed by atoms with van der Waals surface area (Å²) in [4.78, 5) is 18.0. The number of benzene rings is 3. The fourth-order valence-corrected chi connectivity index (χ4v) is 3.14. The van der Waals surface area contributed by atoms with Gasteiger partial charge in [-0.25, -0.2) is 4.98 Å². The van der Waals surface area contributed by atoms with E-state index < -0.39 is 0 Å². The SMILES string of the molecule is Nc1c(C(=O)c2ccc(Cl)cc2)c(-c2ccccc2)nc2ccccc12. The molecule has 0 fully saturated rings. The number of hydrogen-bond acceptors (Lipinski definition) is 3. The molecule has 0 aliphatic heterocycles. The predicted octanol–water partition coefficient (Wildman–Crippen LogP) is 5.37. The van der Waals surface area contributed by atoms with Gasteiger partial charge >= 0.3 is 0 Å². The predicted molar refractivity (Wildman–Crippen MR) is 106 cm³/mol. The number of aromatic nitrogens is 1. The van der Waals surface area contributed by atoms with Gasteiger partial charge in [-0.15, -0.1) is 0 Å². The number of hydrogen-bond donors (Lipinski definition) is 1. The van der Waals surface area contributed by atoms with E-state index in [-0.39, 0.29) is 5.78 Å². The number of ketones is 1. The smallest absolute Gasteiger partial charge is 0.197 e. The van der Waals surface area contributed by atoms with Crippen LogP contribution in [0.25, 0.3) is 22.2 Å². The Morgan fingerprint density at radius 2 is 1.50 bits per heavy atom. The Bertz CT molecular complexity index is 1110. The van der Waals surface area contributed by atoms with E-state index in [1.165, 1.54) is 0 Å². The van der Waals surface area contributed by atoms with E-state index in [0.29, 0.717) is 27.5 Å². The molecule has 126 valence electrons. The monoisotopic (exact) mass is 358 g/mol. The Morgan fingerprint density at radius 1 is 0.846 bits per heavy atom. The molecule has 4 aromatic rings. The number of nitrogens with zero attached hydrogens (tertiary/aromatic N) is 1. The normalized spacial score (nSPS) is 10.8. The van der Waals surface area contributed by atoms with Crippen molar-refractivity contribution in [3.05, 3.63) is 95.0 Å². The quantitative estimate of drug-likeness (QED) is 0.501. The van der Waals surface area contributed by atoms with E-state index in [1.54, 1.807) is 24.3 Å². The Hall–Kier alpha value is -3.17. The van der Waals surface area contributed by atoms with Crippen LogP contribution in [0.3, 0.4) is 0 Å². The largest absolute Gasteiger partial charge is 0.398 e. The third-order valence-corrected chi connectivity index (χ3v) is 4.57. The number of rotatable bonds is 3. The van der Waals surface area contributed by atoms with E-state index in [1.807, 2.05) is 54.6 Å². The molecule has 0 spiro atoms. The highest BCUT2D eigenvalue weighted by atomic mass is 35.5. The maximum Gasteiger partial charge on any atom is 0.197 e. The summed E-state index contributed by atoms with van der Waals surface area (Å²) in [7, 11) is 0. The number of anilines is 1. The molecule has 3 aromatic carbocycles. The van der Waals surface area contributed by atoms with E-state index in [2.05, 4.69) is 0 Å². The summed E-state index contributed by atoms with van der Waals surface area (Å²) in [5.74, 6) is -0.170. The van der Waals surface area contributed by atoms with Gasteiger partial charge in [-0.3, -0.25) is 4.79 Å². The van der Waals surface area contributed by atoms with Crippen LogP contribution in [-0.4, -0.2) is 10.8 Å². The molecule has 0 bridgehead atoms. The summed E-state index contributed by atoms with van der Waals surface area (Å²) >= 11 is 5.95. The van der Waals surface area contributed by atoms with Crippen LogP contribution in [0.5, 0.6) is 0 Å². The summed E-state index contributed by atoms with van der Waals surface area (Å²) in [5, 5.41) is 1.35. The summed E-state index contributed by atoms with van der Waals surface area (Å²) in [6, 6.07) is 24.0. The van der Waals surface area contributed by atoms with Crippen LogP contribution in [0.1, 0.15) is 15.9 Å². The van der Waals surface area contributed by atoms with Crippen LogP contribution in [-0.2, 0) is 0 Å². The summed E-state index contributed by atoms with van der Waals surface area (Å²) < 4.78 is 0. The zero-order valence-electron chi connectivity index (χ0n) is 13.8. The van der Waals surface area contributed by atoms with Gasteiger partial charge in [-0.1, -0.05) is 60.1 Å². The van der Waals surface area contributed by atoms with Crippen LogP contribution in [0.15, 0.2) is 78.9 Å². The lowest BCUT2D eigenvalue weighted by Crippen LogP contribution is -2.10. The van der Waals surface area contributed by atoms with Gasteiger partial charge in [0.1, 0.15) is 0 Å². The van der Waals surface area contributed by atoms with Crippen molar-refractivity contribution >= 4 is 34.0 Å². The number of nitrogens with two attached hydrogens (primary N) is 1. The fraction of sp³-hybridized carbons (Fsp3) is 0. The third kappa shape index (κ3) is 2.83. The van der Waals surface area contributed by atoms with Crippen LogP contribution < -0.4 is 5.73 Å². The molecule has 4 rings (SSSR count). The second kappa shape index (κ2) is 6.62. The number of para-hydroxylation sites is 1. The van der Waals surface area contributed by atoms with Gasteiger partial charge in [0, 0.05) is 21.5 Å². The van der Waals surface area contributed by atoms with Crippen molar-refractivity contribution in [3.63, 3.8) is 0 Å². The fourth-order valence-electron chi connectivity index (χ4n) is 3.02. The topological polar surface area (TPSA) is 56.0 Å². The first-order valence-corrected chi connectivity index (χ1v) is 8.57. The molecule has 0 aliphatic carbocycles. The average molecular weight is 359 g/mol. The highest BCUT2D eigenvalue weighted by Crippen LogP contribution is 2.33.